The van der Waals surface area contributed by atoms with Gasteiger partial charge in [0.25, 0.3) is 0 Å². The number of halogens is 4. The van der Waals surface area contributed by atoms with Gasteiger partial charge >= 0.3 is 6.18 Å². The monoisotopic (exact) mass is 343 g/mol. The molecule has 1 saturated heterocycles. The number of hydrogen-bond acceptors (Lipinski definition) is 3. The van der Waals surface area contributed by atoms with Gasteiger partial charge in [0, 0.05) is 35.4 Å². The highest BCUT2D eigenvalue weighted by Gasteiger charge is 2.34. The molecule has 7 heteroatoms. The van der Waals surface area contributed by atoms with Crippen molar-refractivity contribution in [3.05, 3.63) is 35.5 Å². The van der Waals surface area contributed by atoms with Crippen LogP contribution in [-0.2, 0) is 0 Å². The summed E-state index contributed by atoms with van der Waals surface area (Å²) in [6.07, 6.45) is -1.64. The smallest absolute Gasteiger partial charge is 0.384 e. The zero-order valence-electron chi connectivity index (χ0n) is 12.4. The number of fused-ring (bicyclic) bond motifs is 1. The van der Waals surface area contributed by atoms with Crippen LogP contribution in [0, 0.1) is 5.92 Å². The maximum atomic E-state index is 12.4. The Morgan fingerprint density at radius 2 is 2.13 bits per heavy atom. The molecular weight excluding hydrogens is 327 g/mol. The summed E-state index contributed by atoms with van der Waals surface area (Å²) in [7, 11) is 0. The number of hydrogen-bond donors (Lipinski definition) is 1. The molecule has 124 valence electrons. The van der Waals surface area contributed by atoms with E-state index in [1.807, 2.05) is 18.2 Å². The molecule has 3 rings (SSSR count). The average Bonchev–Trinajstić information content (AvgIpc) is 2.90. The predicted molar refractivity (Wildman–Crippen MR) is 85.8 cm³/mol. The van der Waals surface area contributed by atoms with Gasteiger partial charge in [0.15, 0.2) is 0 Å². The first kappa shape index (κ1) is 16.3. The fourth-order valence-corrected chi connectivity index (χ4v) is 3.18. The third-order valence-corrected chi connectivity index (χ3v) is 4.29. The standard InChI is InChI=1S/C16H17ClF3N3/c17-12-1-2-14-13(7-12)15(3-5-21-14)22-8-11-4-6-23(9-11)10-16(18,19)20/h1-3,5,7,11H,4,6,8-10H2,(H,21,22). The van der Waals surface area contributed by atoms with E-state index < -0.39 is 12.7 Å². The van der Waals surface area contributed by atoms with Crippen molar-refractivity contribution in [3.63, 3.8) is 0 Å². The molecule has 1 aliphatic rings. The van der Waals surface area contributed by atoms with Crippen molar-refractivity contribution in [3.8, 4) is 0 Å². The van der Waals surface area contributed by atoms with Crippen LogP contribution in [0.25, 0.3) is 10.9 Å². The molecule has 0 aliphatic carbocycles. The van der Waals surface area contributed by atoms with Crippen molar-refractivity contribution < 1.29 is 13.2 Å². The van der Waals surface area contributed by atoms with Crippen molar-refractivity contribution in [1.82, 2.24) is 9.88 Å². The van der Waals surface area contributed by atoms with E-state index in [-0.39, 0.29) is 5.92 Å². The highest BCUT2D eigenvalue weighted by atomic mass is 35.5. The molecule has 0 amide bonds. The van der Waals surface area contributed by atoms with Gasteiger partial charge in [-0.3, -0.25) is 9.88 Å². The molecule has 23 heavy (non-hydrogen) atoms. The van der Waals surface area contributed by atoms with Gasteiger partial charge in [0.2, 0.25) is 0 Å². The van der Waals surface area contributed by atoms with Gasteiger partial charge < -0.3 is 5.32 Å². The van der Waals surface area contributed by atoms with E-state index in [0.717, 1.165) is 23.0 Å². The average molecular weight is 344 g/mol. The van der Waals surface area contributed by atoms with Crippen LogP contribution in [0.1, 0.15) is 6.42 Å². The molecule has 0 radical (unpaired) electrons. The molecule has 1 atom stereocenters. The summed E-state index contributed by atoms with van der Waals surface area (Å²) in [5.74, 6) is 0.208. The first-order chi connectivity index (χ1) is 10.9. The van der Waals surface area contributed by atoms with Crippen LogP contribution in [0.5, 0.6) is 0 Å². The van der Waals surface area contributed by atoms with Gasteiger partial charge in [-0.25, -0.2) is 0 Å². The van der Waals surface area contributed by atoms with E-state index >= 15 is 0 Å². The van der Waals surface area contributed by atoms with Crippen molar-refractivity contribution in [2.24, 2.45) is 5.92 Å². The zero-order chi connectivity index (χ0) is 16.4. The van der Waals surface area contributed by atoms with Gasteiger partial charge in [-0.15, -0.1) is 0 Å². The third kappa shape index (κ3) is 4.26. The van der Waals surface area contributed by atoms with Crippen LogP contribution in [-0.4, -0.2) is 42.2 Å². The van der Waals surface area contributed by atoms with E-state index in [1.165, 1.54) is 4.90 Å². The largest absolute Gasteiger partial charge is 0.401 e. The maximum absolute atomic E-state index is 12.4. The van der Waals surface area contributed by atoms with Crippen LogP contribution in [0.15, 0.2) is 30.5 Å². The summed E-state index contributed by atoms with van der Waals surface area (Å²) in [6.45, 7) is 0.780. The Hall–Kier alpha value is -1.53. The number of alkyl halides is 3. The van der Waals surface area contributed by atoms with Crippen molar-refractivity contribution in [1.29, 1.82) is 0 Å². The molecule has 1 aliphatic heterocycles. The van der Waals surface area contributed by atoms with Crippen molar-refractivity contribution >= 4 is 28.2 Å². The normalized spacial score (nSPS) is 19.4. The Kier molecular flexibility index (Phi) is 4.64. The van der Waals surface area contributed by atoms with Gasteiger partial charge in [0.1, 0.15) is 0 Å². The molecule has 0 bridgehead atoms. The van der Waals surface area contributed by atoms with Crippen LogP contribution in [0.3, 0.4) is 0 Å². The minimum Gasteiger partial charge on any atom is -0.384 e. The van der Waals surface area contributed by atoms with Crippen molar-refractivity contribution in [2.45, 2.75) is 12.6 Å². The topological polar surface area (TPSA) is 28.2 Å². The Balaban J connectivity index is 1.62. The minimum absolute atomic E-state index is 0.208. The number of benzene rings is 1. The first-order valence-electron chi connectivity index (χ1n) is 7.48. The number of nitrogens with one attached hydrogen (secondary N) is 1. The summed E-state index contributed by atoms with van der Waals surface area (Å²) in [6, 6.07) is 7.34. The molecular formula is C16H17ClF3N3. The number of rotatable bonds is 4. The Labute approximate surface area is 137 Å². The second-order valence-electron chi connectivity index (χ2n) is 5.91. The highest BCUT2D eigenvalue weighted by Crippen LogP contribution is 2.27. The highest BCUT2D eigenvalue weighted by molar-refractivity contribution is 6.31. The molecule has 1 aromatic carbocycles. The van der Waals surface area contributed by atoms with E-state index in [9.17, 15) is 13.2 Å². The maximum Gasteiger partial charge on any atom is 0.401 e. The molecule has 0 spiro atoms. The van der Waals surface area contributed by atoms with Crippen LogP contribution < -0.4 is 5.32 Å². The lowest BCUT2D eigenvalue weighted by Gasteiger charge is -2.18. The van der Waals surface area contributed by atoms with E-state index in [2.05, 4.69) is 10.3 Å². The lowest BCUT2D eigenvalue weighted by atomic mass is 10.1. The Morgan fingerprint density at radius 3 is 2.91 bits per heavy atom. The second kappa shape index (κ2) is 6.53. The molecule has 1 fully saturated rings. The third-order valence-electron chi connectivity index (χ3n) is 4.06. The molecule has 2 aromatic rings. The second-order valence-corrected chi connectivity index (χ2v) is 6.34. The Morgan fingerprint density at radius 1 is 1.30 bits per heavy atom. The number of anilines is 1. The van der Waals surface area contributed by atoms with Crippen LogP contribution in [0.4, 0.5) is 18.9 Å². The first-order valence-corrected chi connectivity index (χ1v) is 7.86. The lowest BCUT2D eigenvalue weighted by Crippen LogP contribution is -2.33. The number of pyridine rings is 1. The quantitative estimate of drug-likeness (QED) is 0.902. The summed E-state index contributed by atoms with van der Waals surface area (Å²) in [5.41, 5.74) is 1.75. The van der Waals surface area contributed by atoms with Gasteiger partial charge in [-0.2, -0.15) is 13.2 Å². The number of nitrogens with zero attached hydrogens (tertiary/aromatic N) is 2. The molecule has 1 aromatic heterocycles. The molecule has 1 N–H and O–H groups in total. The summed E-state index contributed by atoms with van der Waals surface area (Å²) >= 11 is 6.03. The number of likely N-dealkylation sites (tertiary alicyclic amines) is 1. The zero-order valence-corrected chi connectivity index (χ0v) is 13.2. The molecule has 2 heterocycles. The van der Waals surface area contributed by atoms with Crippen LogP contribution in [0.2, 0.25) is 5.02 Å². The Bertz CT molecular complexity index is 690. The predicted octanol–water partition coefficient (Wildman–Crippen LogP) is 4.18. The van der Waals surface area contributed by atoms with Gasteiger partial charge in [-0.05, 0) is 43.1 Å². The van der Waals surface area contributed by atoms with E-state index in [4.69, 9.17) is 11.6 Å². The molecule has 3 nitrogen and oxygen atoms in total. The lowest BCUT2D eigenvalue weighted by molar-refractivity contribution is -0.143. The molecule has 1 unspecified atom stereocenters. The minimum atomic E-state index is -4.12. The fraction of sp³-hybridized carbons (Fsp3) is 0.438. The summed E-state index contributed by atoms with van der Waals surface area (Å²) in [4.78, 5) is 5.75. The van der Waals surface area contributed by atoms with Gasteiger partial charge in [-0.1, -0.05) is 11.6 Å². The fourth-order valence-electron chi connectivity index (χ4n) is 3.00. The summed E-state index contributed by atoms with van der Waals surface area (Å²) < 4.78 is 37.3. The van der Waals surface area contributed by atoms with Gasteiger partial charge in [0.05, 0.1) is 12.1 Å². The van der Waals surface area contributed by atoms with E-state index in [0.29, 0.717) is 24.7 Å². The van der Waals surface area contributed by atoms with E-state index in [1.54, 1.807) is 12.3 Å². The number of aromatic nitrogens is 1. The SMILES string of the molecule is FC(F)(F)CN1CCC(CNc2ccnc3ccc(Cl)cc23)C1. The molecule has 0 saturated carbocycles. The van der Waals surface area contributed by atoms with Crippen molar-refractivity contribution in [2.75, 3.05) is 31.5 Å². The summed E-state index contributed by atoms with van der Waals surface area (Å²) in [5, 5.41) is 4.89. The van der Waals surface area contributed by atoms with Crippen LogP contribution >= 0.6 is 11.6 Å².